The van der Waals surface area contributed by atoms with Crippen LogP contribution in [0, 0.1) is 0 Å². The molecule has 4 rings (SSSR count). The third-order valence-electron chi connectivity index (χ3n) is 6.62. The van der Waals surface area contributed by atoms with Gasteiger partial charge in [-0.15, -0.1) is 11.3 Å². The molecule has 0 aliphatic carbocycles. The van der Waals surface area contributed by atoms with Crippen LogP contribution in [0.25, 0.3) is 0 Å². The lowest BCUT2D eigenvalue weighted by Crippen LogP contribution is -2.38. The number of nitrogens with zero attached hydrogens (tertiary/aromatic N) is 1. The van der Waals surface area contributed by atoms with E-state index in [2.05, 4.69) is 54.6 Å². The van der Waals surface area contributed by atoms with Gasteiger partial charge in [0.2, 0.25) is 0 Å². The standard InChI is InChI=1S/C28H36N2O2SSi/c1-34(2,32)20-25-18-26(12-11-21-7-4-3-5-8-21)33-27(25)28(31)30-15-13-23(14-16-30)24-10-6-9-22(17-24)19-29/h3-10,17-18,23,32H,11-16,19-20,29H2,1-2H3. The van der Waals surface area contributed by atoms with Crippen molar-refractivity contribution in [2.45, 2.75) is 57.3 Å². The molecule has 1 aliphatic rings. The molecule has 3 aromatic rings. The molecule has 2 heterocycles. The lowest BCUT2D eigenvalue weighted by atomic mass is 9.88. The molecule has 4 nitrogen and oxygen atoms in total. The van der Waals surface area contributed by atoms with Gasteiger partial charge in [-0.1, -0.05) is 54.6 Å². The maximum atomic E-state index is 13.6. The van der Waals surface area contributed by atoms with Crippen molar-refractivity contribution in [3.05, 3.63) is 92.7 Å². The molecule has 1 saturated heterocycles. The summed E-state index contributed by atoms with van der Waals surface area (Å²) < 4.78 is 0. The van der Waals surface area contributed by atoms with Gasteiger partial charge in [-0.3, -0.25) is 4.79 Å². The summed E-state index contributed by atoms with van der Waals surface area (Å²) in [6, 6.07) is 21.8. The monoisotopic (exact) mass is 492 g/mol. The molecule has 0 unspecified atom stereocenters. The van der Waals surface area contributed by atoms with Crippen molar-refractivity contribution in [1.29, 1.82) is 0 Å². The summed E-state index contributed by atoms with van der Waals surface area (Å²) in [4.78, 5) is 28.3. The summed E-state index contributed by atoms with van der Waals surface area (Å²) in [5.41, 5.74) is 10.7. The minimum atomic E-state index is -2.34. The largest absolute Gasteiger partial charge is 0.432 e. The van der Waals surface area contributed by atoms with E-state index in [9.17, 15) is 9.59 Å². The Hall–Kier alpha value is -2.25. The topological polar surface area (TPSA) is 66.6 Å². The van der Waals surface area contributed by atoms with Gasteiger partial charge >= 0.3 is 0 Å². The first kappa shape index (κ1) is 24.9. The van der Waals surface area contributed by atoms with Crippen molar-refractivity contribution in [2.75, 3.05) is 13.1 Å². The highest BCUT2D eigenvalue weighted by molar-refractivity contribution is 7.14. The molecule has 2 aromatic carbocycles. The number of piperidine rings is 1. The summed E-state index contributed by atoms with van der Waals surface area (Å²) in [5, 5.41) is 0. The Balaban J connectivity index is 1.46. The zero-order valence-electron chi connectivity index (χ0n) is 20.3. The predicted molar refractivity (Wildman–Crippen MR) is 144 cm³/mol. The maximum absolute atomic E-state index is 13.6. The molecule has 1 fully saturated rings. The number of hydrogen-bond acceptors (Lipinski definition) is 4. The third-order valence-corrected chi connectivity index (χ3v) is 9.09. The molecular weight excluding hydrogens is 456 g/mol. The van der Waals surface area contributed by atoms with Crippen molar-refractivity contribution in [3.8, 4) is 0 Å². The van der Waals surface area contributed by atoms with Gasteiger partial charge in [-0.05, 0) is 79.1 Å². The van der Waals surface area contributed by atoms with Crippen LogP contribution >= 0.6 is 11.3 Å². The molecule has 0 spiro atoms. The van der Waals surface area contributed by atoms with Gasteiger partial charge in [-0.25, -0.2) is 0 Å². The van der Waals surface area contributed by atoms with E-state index in [4.69, 9.17) is 5.73 Å². The zero-order valence-corrected chi connectivity index (χ0v) is 22.1. The predicted octanol–water partition coefficient (Wildman–Crippen LogP) is 5.29. The number of benzene rings is 2. The minimum absolute atomic E-state index is 0.137. The number of nitrogens with two attached hydrogens (primary N) is 1. The van der Waals surface area contributed by atoms with E-state index in [0.717, 1.165) is 54.8 Å². The van der Waals surface area contributed by atoms with E-state index < -0.39 is 8.32 Å². The number of carbonyl (C=O) groups excluding carboxylic acids is 1. The van der Waals surface area contributed by atoms with Crippen LogP contribution < -0.4 is 5.73 Å². The summed E-state index contributed by atoms with van der Waals surface area (Å²) in [5.74, 6) is 0.613. The Kier molecular flexibility index (Phi) is 8.04. The summed E-state index contributed by atoms with van der Waals surface area (Å²) >= 11 is 1.63. The normalized spacial score (nSPS) is 15.0. The molecule has 1 aliphatic heterocycles. The Morgan fingerprint density at radius 3 is 2.41 bits per heavy atom. The van der Waals surface area contributed by atoms with E-state index in [1.54, 1.807) is 11.3 Å². The SMILES string of the molecule is C[Si](C)(O)Cc1cc(CCc2ccccc2)sc1C(=O)N1CCC(c2cccc(CN)c2)CC1. The number of amides is 1. The smallest absolute Gasteiger partial charge is 0.264 e. The van der Waals surface area contributed by atoms with Crippen molar-refractivity contribution >= 4 is 25.6 Å². The minimum Gasteiger partial charge on any atom is -0.432 e. The van der Waals surface area contributed by atoms with E-state index in [1.807, 2.05) is 24.1 Å². The molecule has 3 N–H and O–H groups in total. The van der Waals surface area contributed by atoms with Crippen LogP contribution in [-0.2, 0) is 25.4 Å². The van der Waals surface area contributed by atoms with Crippen molar-refractivity contribution in [3.63, 3.8) is 0 Å². The van der Waals surface area contributed by atoms with Gasteiger partial charge in [0.25, 0.3) is 5.91 Å². The van der Waals surface area contributed by atoms with Crippen molar-refractivity contribution in [1.82, 2.24) is 4.90 Å². The van der Waals surface area contributed by atoms with Crippen LogP contribution in [0.5, 0.6) is 0 Å². The van der Waals surface area contributed by atoms with Gasteiger partial charge in [-0.2, -0.15) is 0 Å². The highest BCUT2D eigenvalue weighted by Crippen LogP contribution is 2.32. The van der Waals surface area contributed by atoms with Gasteiger partial charge in [0, 0.05) is 24.5 Å². The molecule has 6 heteroatoms. The van der Waals surface area contributed by atoms with Gasteiger partial charge in [0.15, 0.2) is 8.32 Å². The van der Waals surface area contributed by atoms with E-state index in [1.165, 1.54) is 16.0 Å². The lowest BCUT2D eigenvalue weighted by Gasteiger charge is -2.32. The number of rotatable bonds is 8. The molecule has 0 bridgehead atoms. The molecule has 180 valence electrons. The second-order valence-electron chi connectivity index (χ2n) is 10.1. The molecule has 34 heavy (non-hydrogen) atoms. The Labute approximate surface area is 208 Å². The van der Waals surface area contributed by atoms with E-state index in [-0.39, 0.29) is 5.91 Å². The highest BCUT2D eigenvalue weighted by atomic mass is 32.1. The highest BCUT2D eigenvalue weighted by Gasteiger charge is 2.29. The quantitative estimate of drug-likeness (QED) is 0.420. The number of carbonyl (C=O) groups is 1. The lowest BCUT2D eigenvalue weighted by molar-refractivity contribution is 0.0717. The van der Waals surface area contributed by atoms with Crippen LogP contribution in [0.3, 0.4) is 0 Å². The average molecular weight is 493 g/mol. The molecule has 0 atom stereocenters. The zero-order chi connectivity index (χ0) is 24.1. The fraction of sp³-hybridized carbons (Fsp3) is 0.393. The fourth-order valence-corrected chi connectivity index (χ4v) is 7.32. The van der Waals surface area contributed by atoms with Gasteiger partial charge in [0.05, 0.1) is 4.88 Å². The van der Waals surface area contributed by atoms with E-state index >= 15 is 0 Å². The first-order chi connectivity index (χ1) is 16.3. The van der Waals surface area contributed by atoms with E-state index in [0.29, 0.717) is 18.5 Å². The third kappa shape index (κ3) is 6.45. The molecule has 1 amide bonds. The van der Waals surface area contributed by atoms with Crippen LogP contribution in [-0.4, -0.2) is 37.0 Å². The molecule has 0 saturated carbocycles. The van der Waals surface area contributed by atoms with Crippen LogP contribution in [0.2, 0.25) is 13.1 Å². The number of likely N-dealkylation sites (tertiary alicyclic amines) is 1. The van der Waals surface area contributed by atoms with Gasteiger partial charge < -0.3 is 15.4 Å². The Morgan fingerprint density at radius 1 is 1.03 bits per heavy atom. The van der Waals surface area contributed by atoms with Crippen LogP contribution in [0.15, 0.2) is 60.7 Å². The number of thiophene rings is 1. The Morgan fingerprint density at radius 2 is 1.74 bits per heavy atom. The van der Waals surface area contributed by atoms with Gasteiger partial charge in [0.1, 0.15) is 0 Å². The van der Waals surface area contributed by atoms with Crippen LogP contribution in [0.1, 0.15) is 55.6 Å². The summed E-state index contributed by atoms with van der Waals surface area (Å²) in [6.07, 6.45) is 3.83. The van der Waals surface area contributed by atoms with Crippen LogP contribution in [0.4, 0.5) is 0 Å². The molecular formula is C28H36N2O2SSi. The van der Waals surface area contributed by atoms with Crippen molar-refractivity contribution < 1.29 is 9.59 Å². The fourth-order valence-electron chi connectivity index (χ4n) is 4.83. The van der Waals surface area contributed by atoms with Crippen molar-refractivity contribution in [2.24, 2.45) is 5.73 Å². The average Bonchev–Trinajstić information content (AvgIpc) is 3.24. The number of aryl methyl sites for hydroxylation is 2. The second kappa shape index (κ2) is 11.0. The Bertz CT molecular complexity index is 1100. The number of hydrogen-bond donors (Lipinski definition) is 2. The second-order valence-corrected chi connectivity index (χ2v) is 15.2. The summed E-state index contributed by atoms with van der Waals surface area (Å²) in [7, 11) is -2.34. The first-order valence-corrected chi connectivity index (χ1v) is 16.3. The maximum Gasteiger partial charge on any atom is 0.264 e. The summed E-state index contributed by atoms with van der Waals surface area (Å²) in [6.45, 7) is 6.00. The first-order valence-electron chi connectivity index (χ1n) is 12.3. The molecule has 1 aromatic heterocycles. The molecule has 0 radical (unpaired) electrons.